The summed E-state index contributed by atoms with van der Waals surface area (Å²) in [4.78, 5) is 37.6. The van der Waals surface area contributed by atoms with Crippen molar-refractivity contribution in [3.63, 3.8) is 0 Å². The molecule has 0 saturated carbocycles. The highest BCUT2D eigenvalue weighted by atomic mass is 79.9. The standard InChI is InChI=1S/C21H25BrN4O6S/c1-4-23-21(28)15(2)24(13-16-7-5-8-17(22)11-16)20(27)14-25(33(3,31)32)18-9-6-10-19(12-18)26(29)30/h5-12,15H,4,13-14H2,1-3H3,(H,23,28)/t15-/m0/s1. The Balaban J connectivity index is 2.42. The van der Waals surface area contributed by atoms with Gasteiger partial charge in [0.2, 0.25) is 21.8 Å². The summed E-state index contributed by atoms with van der Waals surface area (Å²) in [6, 6.07) is 11.3. The van der Waals surface area contributed by atoms with Crippen LogP contribution in [0, 0.1) is 10.1 Å². The van der Waals surface area contributed by atoms with Crippen molar-refractivity contribution in [3.8, 4) is 0 Å². The minimum atomic E-state index is -3.97. The number of benzene rings is 2. The molecule has 0 aliphatic carbocycles. The predicted octanol–water partition coefficient (Wildman–Crippen LogP) is 2.68. The summed E-state index contributed by atoms with van der Waals surface area (Å²) >= 11 is 3.37. The van der Waals surface area contributed by atoms with Crippen molar-refractivity contribution in [2.24, 2.45) is 0 Å². The van der Waals surface area contributed by atoms with Gasteiger partial charge in [-0.25, -0.2) is 8.42 Å². The molecule has 0 fully saturated rings. The number of anilines is 1. The molecule has 0 heterocycles. The SMILES string of the molecule is CCNC(=O)[C@H](C)N(Cc1cccc(Br)c1)C(=O)CN(c1cccc([N+](=O)[O-])c1)S(C)(=O)=O. The molecule has 10 nitrogen and oxygen atoms in total. The lowest BCUT2D eigenvalue weighted by molar-refractivity contribution is -0.384. The first-order valence-corrected chi connectivity index (χ1v) is 12.6. The Morgan fingerprint density at radius 3 is 2.42 bits per heavy atom. The fraction of sp³-hybridized carbons (Fsp3) is 0.333. The maximum absolute atomic E-state index is 13.3. The van der Waals surface area contributed by atoms with E-state index in [0.717, 1.165) is 26.7 Å². The Morgan fingerprint density at radius 1 is 1.18 bits per heavy atom. The van der Waals surface area contributed by atoms with Crippen molar-refractivity contribution in [3.05, 3.63) is 68.7 Å². The molecule has 0 unspecified atom stereocenters. The number of nitrogens with one attached hydrogen (secondary N) is 1. The summed E-state index contributed by atoms with van der Waals surface area (Å²) in [6.45, 7) is 3.10. The van der Waals surface area contributed by atoms with Crippen LogP contribution in [-0.4, -0.2) is 55.4 Å². The summed E-state index contributed by atoms with van der Waals surface area (Å²) in [6.07, 6.45) is 0.908. The molecule has 0 spiro atoms. The number of sulfonamides is 1. The van der Waals surface area contributed by atoms with Gasteiger partial charge < -0.3 is 10.2 Å². The summed E-state index contributed by atoms with van der Waals surface area (Å²) < 4.78 is 26.5. The van der Waals surface area contributed by atoms with Gasteiger partial charge in [0.25, 0.3) is 5.69 Å². The van der Waals surface area contributed by atoms with Crippen molar-refractivity contribution in [2.45, 2.75) is 26.4 Å². The number of nitrogens with zero attached hydrogens (tertiary/aromatic N) is 3. The van der Waals surface area contributed by atoms with E-state index in [0.29, 0.717) is 6.54 Å². The van der Waals surface area contributed by atoms with Crippen LogP contribution in [0.5, 0.6) is 0 Å². The van der Waals surface area contributed by atoms with E-state index in [1.54, 1.807) is 32.0 Å². The van der Waals surface area contributed by atoms with Gasteiger partial charge in [0.05, 0.1) is 16.9 Å². The smallest absolute Gasteiger partial charge is 0.271 e. The maximum atomic E-state index is 13.3. The summed E-state index contributed by atoms with van der Waals surface area (Å²) in [5.74, 6) is -1.02. The number of carbonyl (C=O) groups excluding carboxylic acids is 2. The van der Waals surface area contributed by atoms with Gasteiger partial charge in [0.1, 0.15) is 12.6 Å². The van der Waals surface area contributed by atoms with E-state index < -0.39 is 33.4 Å². The Labute approximate surface area is 200 Å². The number of hydrogen-bond acceptors (Lipinski definition) is 6. The van der Waals surface area contributed by atoms with E-state index in [1.165, 1.54) is 23.1 Å². The largest absolute Gasteiger partial charge is 0.355 e. The third kappa shape index (κ3) is 7.26. The van der Waals surface area contributed by atoms with E-state index in [9.17, 15) is 28.1 Å². The van der Waals surface area contributed by atoms with Gasteiger partial charge in [0.15, 0.2) is 0 Å². The Hall–Kier alpha value is -2.99. The van der Waals surface area contributed by atoms with Gasteiger partial charge in [-0.3, -0.25) is 24.0 Å². The Kier molecular flexibility index (Phi) is 8.94. The average molecular weight is 541 g/mol. The summed E-state index contributed by atoms with van der Waals surface area (Å²) in [5.41, 5.74) is 0.401. The number of amides is 2. The van der Waals surface area contributed by atoms with Crippen molar-refractivity contribution >= 4 is 49.1 Å². The zero-order valence-corrected chi connectivity index (χ0v) is 20.8. The maximum Gasteiger partial charge on any atom is 0.271 e. The van der Waals surface area contributed by atoms with Crippen LogP contribution in [0.15, 0.2) is 53.0 Å². The number of carbonyl (C=O) groups is 2. The molecule has 0 aliphatic rings. The van der Waals surface area contributed by atoms with Crippen LogP contribution in [0.4, 0.5) is 11.4 Å². The molecule has 0 saturated heterocycles. The van der Waals surface area contributed by atoms with Crippen molar-refractivity contribution in [1.29, 1.82) is 0 Å². The molecule has 12 heteroatoms. The first-order chi connectivity index (χ1) is 15.4. The molecule has 2 aromatic rings. The lowest BCUT2D eigenvalue weighted by Gasteiger charge is -2.31. The minimum Gasteiger partial charge on any atom is -0.355 e. The van der Waals surface area contributed by atoms with E-state index in [1.807, 2.05) is 6.07 Å². The highest BCUT2D eigenvalue weighted by molar-refractivity contribution is 9.10. The fourth-order valence-electron chi connectivity index (χ4n) is 3.11. The number of halogens is 1. The second kappa shape index (κ2) is 11.2. The zero-order chi connectivity index (χ0) is 24.8. The number of nitro groups is 1. The molecule has 2 amide bonds. The van der Waals surface area contributed by atoms with Gasteiger partial charge in [-0.15, -0.1) is 0 Å². The molecule has 33 heavy (non-hydrogen) atoms. The second-order valence-corrected chi connectivity index (χ2v) is 10.1. The normalized spacial score (nSPS) is 12.0. The van der Waals surface area contributed by atoms with Crippen LogP contribution in [0.2, 0.25) is 0 Å². The van der Waals surface area contributed by atoms with Crippen LogP contribution in [0.3, 0.4) is 0 Å². The number of nitro benzene ring substituents is 1. The number of non-ortho nitro benzene ring substituents is 1. The van der Waals surface area contributed by atoms with Gasteiger partial charge in [-0.05, 0) is 37.6 Å². The topological polar surface area (TPSA) is 130 Å². The van der Waals surface area contributed by atoms with Gasteiger partial charge >= 0.3 is 0 Å². The first kappa shape index (κ1) is 26.3. The highest BCUT2D eigenvalue weighted by Crippen LogP contribution is 2.24. The monoisotopic (exact) mass is 540 g/mol. The lowest BCUT2D eigenvalue weighted by atomic mass is 10.1. The van der Waals surface area contributed by atoms with Crippen LogP contribution in [0.25, 0.3) is 0 Å². The van der Waals surface area contributed by atoms with Crippen LogP contribution in [0.1, 0.15) is 19.4 Å². The predicted molar refractivity (Wildman–Crippen MR) is 128 cm³/mol. The molecule has 2 aromatic carbocycles. The quantitative estimate of drug-likeness (QED) is 0.364. The lowest BCUT2D eigenvalue weighted by Crippen LogP contribution is -2.51. The minimum absolute atomic E-state index is 0.0203. The number of hydrogen-bond donors (Lipinski definition) is 1. The first-order valence-electron chi connectivity index (χ1n) is 9.97. The molecule has 178 valence electrons. The van der Waals surface area contributed by atoms with Gasteiger partial charge in [0, 0.05) is 29.7 Å². The average Bonchev–Trinajstić information content (AvgIpc) is 2.74. The molecule has 0 aromatic heterocycles. The molecule has 0 bridgehead atoms. The zero-order valence-electron chi connectivity index (χ0n) is 18.4. The van der Waals surface area contributed by atoms with E-state index in [-0.39, 0.29) is 23.8 Å². The molecule has 1 N–H and O–H groups in total. The number of likely N-dealkylation sites (N-methyl/N-ethyl adjacent to an activating group) is 1. The molecular weight excluding hydrogens is 516 g/mol. The van der Waals surface area contributed by atoms with Crippen molar-refractivity contribution < 1.29 is 22.9 Å². The highest BCUT2D eigenvalue weighted by Gasteiger charge is 2.30. The molecule has 1 atom stereocenters. The van der Waals surface area contributed by atoms with Crippen molar-refractivity contribution in [1.82, 2.24) is 10.2 Å². The van der Waals surface area contributed by atoms with Gasteiger partial charge in [-0.1, -0.05) is 34.1 Å². The third-order valence-electron chi connectivity index (χ3n) is 4.77. The molecule has 2 rings (SSSR count). The third-order valence-corrected chi connectivity index (χ3v) is 6.40. The molecular formula is C21H25BrN4O6S. The van der Waals surface area contributed by atoms with E-state index >= 15 is 0 Å². The second-order valence-electron chi connectivity index (χ2n) is 7.27. The molecule has 0 radical (unpaired) electrons. The summed E-state index contributed by atoms with van der Waals surface area (Å²) in [7, 11) is -3.97. The van der Waals surface area contributed by atoms with Gasteiger partial charge in [-0.2, -0.15) is 0 Å². The van der Waals surface area contributed by atoms with Crippen LogP contribution < -0.4 is 9.62 Å². The van der Waals surface area contributed by atoms with Crippen LogP contribution in [-0.2, 0) is 26.2 Å². The molecule has 0 aliphatic heterocycles. The van der Waals surface area contributed by atoms with E-state index in [2.05, 4.69) is 21.2 Å². The Bertz CT molecular complexity index is 1140. The Morgan fingerprint density at radius 2 is 1.85 bits per heavy atom. The number of rotatable bonds is 10. The fourth-order valence-corrected chi connectivity index (χ4v) is 4.40. The van der Waals surface area contributed by atoms with E-state index in [4.69, 9.17) is 0 Å². The van der Waals surface area contributed by atoms with Crippen LogP contribution >= 0.6 is 15.9 Å². The van der Waals surface area contributed by atoms with Crippen molar-refractivity contribution in [2.75, 3.05) is 23.7 Å². The summed E-state index contributed by atoms with van der Waals surface area (Å²) in [5, 5.41) is 13.8.